The maximum Gasteiger partial charge on any atom is 0.343 e. The number of methoxy groups -OCH3 is 4. The van der Waals surface area contributed by atoms with Crippen molar-refractivity contribution in [2.24, 2.45) is 10.2 Å². The normalized spacial score (nSPS) is 10.8. The molecule has 0 bridgehead atoms. The molecule has 0 heterocycles. The zero-order valence-electron chi connectivity index (χ0n) is 33.1. The van der Waals surface area contributed by atoms with Gasteiger partial charge in [-0.2, -0.15) is 10.2 Å². The van der Waals surface area contributed by atoms with Crippen molar-refractivity contribution >= 4 is 36.2 Å². The molecule has 0 fully saturated rings. The van der Waals surface area contributed by atoms with Crippen molar-refractivity contribution in [1.29, 1.82) is 0 Å². The molecule has 0 aromatic heterocycles. The second-order valence-electron chi connectivity index (χ2n) is 12.0. The minimum atomic E-state index is -0.616. The Kier molecular flexibility index (Phi) is 16.9. The second-order valence-corrected chi connectivity index (χ2v) is 12.0. The number of hydrogen-bond donors (Lipinski definition) is 2. The Balaban J connectivity index is 1.20. The topological polar surface area (TPSA) is 191 Å². The van der Waals surface area contributed by atoms with Gasteiger partial charge in [-0.3, -0.25) is 9.59 Å². The molecule has 0 saturated heterocycles. The molecule has 0 radical (unpaired) electrons. The number of carbonyl (C=O) groups is 4. The van der Waals surface area contributed by atoms with Crippen molar-refractivity contribution in [1.82, 2.24) is 10.9 Å². The van der Waals surface area contributed by atoms with Gasteiger partial charge in [0.15, 0.2) is 46.0 Å². The molecule has 0 aliphatic carbocycles. The highest BCUT2D eigenvalue weighted by atomic mass is 16.6. The van der Waals surface area contributed by atoms with E-state index in [1.165, 1.54) is 53.0 Å². The van der Waals surface area contributed by atoms with Crippen LogP contribution in [0, 0.1) is 0 Å². The molecule has 4 aromatic rings. The molecule has 4 rings (SSSR count). The van der Waals surface area contributed by atoms with Crippen molar-refractivity contribution in [3.8, 4) is 46.0 Å². The summed E-state index contributed by atoms with van der Waals surface area (Å²) in [7, 11) is 5.94. The summed E-state index contributed by atoms with van der Waals surface area (Å²) in [5, 5.41) is 8.02. The Morgan fingerprint density at radius 3 is 1.24 bits per heavy atom. The van der Waals surface area contributed by atoms with Crippen LogP contribution >= 0.6 is 0 Å². The Hall–Kier alpha value is -7.10. The fourth-order valence-electron chi connectivity index (χ4n) is 5.20. The molecule has 2 N–H and O–H groups in total. The van der Waals surface area contributed by atoms with Crippen molar-refractivity contribution in [3.63, 3.8) is 0 Å². The van der Waals surface area contributed by atoms with Crippen molar-refractivity contribution in [3.05, 3.63) is 95.1 Å². The van der Waals surface area contributed by atoms with E-state index in [2.05, 4.69) is 21.1 Å². The quantitative estimate of drug-likeness (QED) is 0.0324. The molecule has 2 amide bonds. The fourth-order valence-corrected chi connectivity index (χ4v) is 5.20. The number of hydrogen-bond acceptors (Lipinski definition) is 14. The molecule has 306 valence electrons. The van der Waals surface area contributed by atoms with Crippen LogP contribution in [0.1, 0.15) is 71.4 Å². The van der Waals surface area contributed by atoms with Gasteiger partial charge in [0, 0.05) is 12.8 Å². The monoisotopic (exact) mass is 798 g/mol. The summed E-state index contributed by atoms with van der Waals surface area (Å²) in [6.07, 6.45) is 4.04. The number of benzene rings is 4. The molecular formula is C42H46N4O12. The minimum Gasteiger partial charge on any atom is -0.493 e. The van der Waals surface area contributed by atoms with E-state index in [-0.39, 0.29) is 47.3 Å². The summed E-state index contributed by atoms with van der Waals surface area (Å²) < 4.78 is 43.5. The van der Waals surface area contributed by atoms with Crippen LogP contribution in [-0.2, 0) is 9.59 Å². The van der Waals surface area contributed by atoms with Gasteiger partial charge in [0.25, 0.3) is 0 Å². The van der Waals surface area contributed by atoms with Crippen LogP contribution in [0.2, 0.25) is 0 Å². The maximum absolute atomic E-state index is 12.8. The van der Waals surface area contributed by atoms with Crippen LogP contribution in [0.3, 0.4) is 0 Å². The van der Waals surface area contributed by atoms with Gasteiger partial charge in [0.05, 0.1) is 65.2 Å². The zero-order chi connectivity index (χ0) is 41.9. The van der Waals surface area contributed by atoms with E-state index in [9.17, 15) is 19.2 Å². The molecular weight excluding hydrogens is 752 g/mol. The standard InChI is InChI=1S/C42H46N4O12/c1-7-55-37-21-27(13-17-33(37)57-41(49)29-15-19-31(51-3)35(23-29)53-5)25-43-45-39(47)11-9-10-12-40(48)46-44-26-28-14-18-34(38(22-28)56-8-2)58-42(50)30-16-20-32(52-4)36(24-30)54-6/h13-26H,7-12H2,1-6H3,(H,45,47)(H,46,48). The number of unbranched alkanes of at least 4 members (excludes halogenated alkanes) is 1. The zero-order valence-corrected chi connectivity index (χ0v) is 33.1. The fraction of sp³-hybridized carbons (Fsp3) is 0.286. The average Bonchev–Trinajstić information content (AvgIpc) is 3.23. The average molecular weight is 799 g/mol. The smallest absolute Gasteiger partial charge is 0.343 e. The van der Waals surface area contributed by atoms with E-state index in [1.54, 1.807) is 74.5 Å². The van der Waals surface area contributed by atoms with Crippen molar-refractivity contribution in [2.75, 3.05) is 41.7 Å². The van der Waals surface area contributed by atoms with Gasteiger partial charge >= 0.3 is 11.9 Å². The van der Waals surface area contributed by atoms with Crippen LogP contribution in [-0.4, -0.2) is 77.8 Å². The molecule has 0 aliphatic rings. The largest absolute Gasteiger partial charge is 0.493 e. The molecule has 0 unspecified atom stereocenters. The van der Waals surface area contributed by atoms with E-state index in [1.807, 2.05) is 0 Å². The van der Waals surface area contributed by atoms with Crippen LogP contribution < -0.4 is 48.7 Å². The van der Waals surface area contributed by atoms with E-state index in [4.69, 9.17) is 37.9 Å². The van der Waals surface area contributed by atoms with Gasteiger partial charge < -0.3 is 37.9 Å². The van der Waals surface area contributed by atoms with Gasteiger partial charge in [-0.05, 0) is 111 Å². The lowest BCUT2D eigenvalue weighted by Gasteiger charge is -2.12. The number of nitrogens with zero attached hydrogens (tertiary/aromatic N) is 2. The maximum atomic E-state index is 12.8. The lowest BCUT2D eigenvalue weighted by atomic mass is 10.2. The van der Waals surface area contributed by atoms with Crippen LogP contribution in [0.25, 0.3) is 0 Å². The first-order valence-corrected chi connectivity index (χ1v) is 18.2. The summed E-state index contributed by atoms with van der Waals surface area (Å²) in [5.41, 5.74) is 6.63. The van der Waals surface area contributed by atoms with Gasteiger partial charge in [-0.25, -0.2) is 20.4 Å². The number of hydrazone groups is 2. The number of carbonyl (C=O) groups excluding carboxylic acids is 4. The van der Waals surface area contributed by atoms with Crippen LogP contribution in [0.5, 0.6) is 46.0 Å². The molecule has 0 saturated carbocycles. The summed E-state index contributed by atoms with van der Waals surface area (Å²) in [6, 6.07) is 19.1. The van der Waals surface area contributed by atoms with E-state index in [0.29, 0.717) is 71.7 Å². The van der Waals surface area contributed by atoms with Crippen molar-refractivity contribution < 1.29 is 57.1 Å². The number of amides is 2. The number of esters is 2. The van der Waals surface area contributed by atoms with Gasteiger partial charge in [-0.1, -0.05) is 0 Å². The lowest BCUT2D eigenvalue weighted by Crippen LogP contribution is -2.19. The Labute approximate surface area is 336 Å². The van der Waals surface area contributed by atoms with Gasteiger partial charge in [-0.15, -0.1) is 0 Å². The first-order chi connectivity index (χ1) is 28.1. The highest BCUT2D eigenvalue weighted by molar-refractivity contribution is 5.93. The predicted molar refractivity (Wildman–Crippen MR) is 214 cm³/mol. The van der Waals surface area contributed by atoms with Crippen LogP contribution in [0.4, 0.5) is 0 Å². The molecule has 16 nitrogen and oxygen atoms in total. The number of ether oxygens (including phenoxy) is 8. The SMILES string of the molecule is CCOc1cc(C=NNC(=O)CCCCC(=O)NN=Cc2ccc(OC(=O)c3ccc(OC)c(OC)c3)c(OCC)c2)ccc1OC(=O)c1ccc(OC)c(OC)c1. The van der Waals surface area contributed by atoms with Gasteiger partial charge in [0.2, 0.25) is 11.8 Å². The molecule has 58 heavy (non-hydrogen) atoms. The number of nitrogens with one attached hydrogen (secondary N) is 2. The molecule has 4 aromatic carbocycles. The van der Waals surface area contributed by atoms with Crippen molar-refractivity contribution in [2.45, 2.75) is 39.5 Å². The third-order valence-corrected chi connectivity index (χ3v) is 8.04. The summed E-state index contributed by atoms with van der Waals surface area (Å²) in [6.45, 7) is 4.22. The second kappa shape index (κ2) is 22.5. The molecule has 0 aliphatic heterocycles. The highest BCUT2D eigenvalue weighted by Gasteiger charge is 2.18. The lowest BCUT2D eigenvalue weighted by molar-refractivity contribution is -0.123. The van der Waals surface area contributed by atoms with E-state index in [0.717, 1.165) is 0 Å². The minimum absolute atomic E-state index is 0.145. The van der Waals surface area contributed by atoms with Crippen LogP contribution in [0.15, 0.2) is 83.0 Å². The Bertz CT molecular complexity index is 1970. The molecule has 16 heteroatoms. The van der Waals surface area contributed by atoms with E-state index < -0.39 is 11.9 Å². The Morgan fingerprint density at radius 2 is 0.879 bits per heavy atom. The third kappa shape index (κ3) is 12.7. The molecule has 0 spiro atoms. The summed E-state index contributed by atoms with van der Waals surface area (Å²) in [5.74, 6) is 0.869. The van der Waals surface area contributed by atoms with E-state index >= 15 is 0 Å². The van der Waals surface area contributed by atoms with Gasteiger partial charge in [0.1, 0.15) is 0 Å². The molecule has 0 atom stereocenters. The first kappa shape index (κ1) is 43.6. The highest BCUT2D eigenvalue weighted by Crippen LogP contribution is 2.33. The first-order valence-electron chi connectivity index (χ1n) is 18.2. The summed E-state index contributed by atoms with van der Waals surface area (Å²) >= 11 is 0. The predicted octanol–water partition coefficient (Wildman–Crippen LogP) is 6.12. The number of rotatable bonds is 21. The summed E-state index contributed by atoms with van der Waals surface area (Å²) in [4.78, 5) is 50.4. The third-order valence-electron chi connectivity index (χ3n) is 8.04. The Morgan fingerprint density at radius 1 is 0.500 bits per heavy atom.